The summed E-state index contributed by atoms with van der Waals surface area (Å²) in [6.45, 7) is 3.62. The molecule has 6 heteroatoms. The fraction of sp³-hybridized carbons (Fsp3) is 0.286. The minimum Gasteiger partial charge on any atom is -0.479 e. The number of carbonyl (C=O) groups is 1. The average Bonchev–Trinajstić information content (AvgIpc) is 2.77. The van der Waals surface area contributed by atoms with E-state index in [2.05, 4.69) is 9.72 Å². The maximum absolute atomic E-state index is 11.3. The van der Waals surface area contributed by atoms with Gasteiger partial charge in [-0.15, -0.1) is 11.3 Å². The van der Waals surface area contributed by atoms with Gasteiger partial charge in [0.2, 0.25) is 0 Å². The summed E-state index contributed by atoms with van der Waals surface area (Å²) < 4.78 is 10.1. The Hall–Kier alpha value is -2.08. The molecule has 0 saturated heterocycles. The van der Waals surface area contributed by atoms with Crippen LogP contribution in [-0.2, 0) is 9.53 Å². The summed E-state index contributed by atoms with van der Waals surface area (Å²) in [7, 11) is 1.33. The first-order chi connectivity index (χ1) is 9.51. The lowest BCUT2D eigenvalue weighted by atomic mass is 10.1. The van der Waals surface area contributed by atoms with Crippen molar-refractivity contribution in [2.45, 2.75) is 20.0 Å². The van der Waals surface area contributed by atoms with E-state index in [-0.39, 0.29) is 0 Å². The van der Waals surface area contributed by atoms with Crippen molar-refractivity contribution >= 4 is 22.4 Å². The number of hydrogen-bond acceptors (Lipinski definition) is 6. The third kappa shape index (κ3) is 3.08. The molecule has 0 spiro atoms. The lowest BCUT2D eigenvalue weighted by Gasteiger charge is -2.12. The van der Waals surface area contributed by atoms with Crippen molar-refractivity contribution in [1.29, 1.82) is 0 Å². The summed E-state index contributed by atoms with van der Waals surface area (Å²) in [5, 5.41) is 0.553. The molecule has 2 aromatic rings. The number of hydrogen-bond donors (Lipinski definition) is 1. The van der Waals surface area contributed by atoms with Gasteiger partial charge in [0, 0.05) is 10.4 Å². The zero-order valence-corrected chi connectivity index (χ0v) is 12.4. The van der Waals surface area contributed by atoms with Crippen molar-refractivity contribution < 1.29 is 14.3 Å². The van der Waals surface area contributed by atoms with Crippen molar-refractivity contribution in [1.82, 2.24) is 4.98 Å². The molecule has 1 aromatic carbocycles. The number of carbonyl (C=O) groups excluding carboxylic acids is 1. The summed E-state index contributed by atoms with van der Waals surface area (Å²) in [6.07, 6.45) is -0.637. The van der Waals surface area contributed by atoms with Gasteiger partial charge in [0.25, 0.3) is 0 Å². The highest BCUT2D eigenvalue weighted by atomic mass is 32.1. The Morgan fingerprint density at radius 1 is 1.35 bits per heavy atom. The number of nitrogens with zero attached hydrogens (tertiary/aromatic N) is 1. The van der Waals surface area contributed by atoms with Crippen molar-refractivity contribution in [2.75, 3.05) is 12.8 Å². The smallest absolute Gasteiger partial charge is 0.346 e. The fourth-order valence-electron chi connectivity index (χ4n) is 1.79. The topological polar surface area (TPSA) is 74.4 Å². The normalized spacial score (nSPS) is 11.9. The quantitative estimate of drug-likeness (QED) is 0.877. The molecule has 1 heterocycles. The Labute approximate surface area is 121 Å². The number of nitrogens with two attached hydrogens (primary N) is 1. The first-order valence-electron chi connectivity index (χ1n) is 6.09. The number of ether oxygens (including phenoxy) is 2. The highest BCUT2D eigenvalue weighted by Crippen LogP contribution is 2.29. The first kappa shape index (κ1) is 14.3. The van der Waals surface area contributed by atoms with Gasteiger partial charge >= 0.3 is 5.97 Å². The van der Waals surface area contributed by atoms with Gasteiger partial charge in [-0.3, -0.25) is 0 Å². The molecule has 0 bridgehead atoms. The van der Waals surface area contributed by atoms with Crippen LogP contribution in [0.1, 0.15) is 11.8 Å². The largest absolute Gasteiger partial charge is 0.479 e. The van der Waals surface area contributed by atoms with Crippen LogP contribution in [0.25, 0.3) is 11.3 Å². The van der Waals surface area contributed by atoms with Gasteiger partial charge in [0.1, 0.15) is 5.75 Å². The van der Waals surface area contributed by atoms with E-state index in [9.17, 15) is 4.79 Å². The number of esters is 1. The van der Waals surface area contributed by atoms with Crippen LogP contribution < -0.4 is 10.5 Å². The number of benzene rings is 1. The molecule has 2 rings (SSSR count). The summed E-state index contributed by atoms with van der Waals surface area (Å²) in [4.78, 5) is 16.6. The molecule has 0 aliphatic carbocycles. The van der Waals surface area contributed by atoms with E-state index in [1.165, 1.54) is 18.4 Å². The Morgan fingerprint density at radius 3 is 2.50 bits per heavy atom. The SMILES string of the molecule is COC(=O)C(C)Oc1ccc(-c2nc(N)sc2C)cc1. The van der Waals surface area contributed by atoms with Crippen LogP contribution in [0.15, 0.2) is 24.3 Å². The molecule has 0 saturated carbocycles. The van der Waals surface area contributed by atoms with E-state index < -0.39 is 12.1 Å². The van der Waals surface area contributed by atoms with Crippen LogP contribution >= 0.6 is 11.3 Å². The summed E-state index contributed by atoms with van der Waals surface area (Å²) in [5.41, 5.74) is 7.53. The highest BCUT2D eigenvalue weighted by molar-refractivity contribution is 7.15. The van der Waals surface area contributed by atoms with Crippen LogP contribution in [0.3, 0.4) is 0 Å². The summed E-state index contributed by atoms with van der Waals surface area (Å²) in [6, 6.07) is 7.37. The Balaban J connectivity index is 2.14. The Bertz CT molecular complexity index is 607. The molecule has 0 aliphatic rings. The van der Waals surface area contributed by atoms with Gasteiger partial charge in [-0.1, -0.05) is 0 Å². The zero-order valence-electron chi connectivity index (χ0n) is 11.5. The second-order valence-electron chi connectivity index (χ2n) is 4.26. The van der Waals surface area contributed by atoms with Gasteiger partial charge in [0.15, 0.2) is 11.2 Å². The second-order valence-corrected chi connectivity index (χ2v) is 5.50. The van der Waals surface area contributed by atoms with E-state index in [4.69, 9.17) is 10.5 Å². The second kappa shape index (κ2) is 5.92. The van der Waals surface area contributed by atoms with Gasteiger partial charge in [-0.05, 0) is 38.1 Å². The number of anilines is 1. The molecule has 0 fully saturated rings. The molecule has 0 aliphatic heterocycles. The molecule has 0 amide bonds. The predicted octanol–water partition coefficient (Wildman–Crippen LogP) is 2.64. The monoisotopic (exact) mass is 292 g/mol. The highest BCUT2D eigenvalue weighted by Gasteiger charge is 2.15. The van der Waals surface area contributed by atoms with Crippen LogP contribution in [0, 0.1) is 6.92 Å². The number of aromatic nitrogens is 1. The van der Waals surface area contributed by atoms with Crippen LogP contribution in [-0.4, -0.2) is 24.2 Å². The first-order valence-corrected chi connectivity index (χ1v) is 6.90. The lowest BCUT2D eigenvalue weighted by Crippen LogP contribution is -2.24. The molecule has 1 unspecified atom stereocenters. The molecule has 1 atom stereocenters. The lowest BCUT2D eigenvalue weighted by molar-refractivity contribution is -0.147. The Morgan fingerprint density at radius 2 is 2.00 bits per heavy atom. The van der Waals surface area contributed by atoms with E-state index >= 15 is 0 Å². The van der Waals surface area contributed by atoms with Crippen molar-refractivity contribution in [3.63, 3.8) is 0 Å². The van der Waals surface area contributed by atoms with E-state index in [0.29, 0.717) is 10.9 Å². The summed E-state index contributed by atoms with van der Waals surface area (Å²) >= 11 is 1.46. The Kier molecular flexibility index (Phi) is 4.24. The van der Waals surface area contributed by atoms with Crippen molar-refractivity contribution in [3.05, 3.63) is 29.1 Å². The maximum Gasteiger partial charge on any atom is 0.346 e. The number of rotatable bonds is 4. The molecule has 1 aromatic heterocycles. The molecule has 20 heavy (non-hydrogen) atoms. The number of thiazole rings is 1. The fourth-order valence-corrected chi connectivity index (χ4v) is 2.51. The van der Waals surface area contributed by atoms with Crippen LogP contribution in [0.5, 0.6) is 5.75 Å². The minimum atomic E-state index is -0.637. The molecule has 5 nitrogen and oxygen atoms in total. The van der Waals surface area contributed by atoms with E-state index in [0.717, 1.165) is 16.1 Å². The molecule has 106 valence electrons. The van der Waals surface area contributed by atoms with E-state index in [1.807, 2.05) is 19.1 Å². The molecule has 0 radical (unpaired) electrons. The molecule has 2 N–H and O–H groups in total. The number of nitrogen functional groups attached to an aromatic ring is 1. The van der Waals surface area contributed by atoms with Gasteiger partial charge in [0.05, 0.1) is 12.8 Å². The van der Waals surface area contributed by atoms with Crippen LogP contribution in [0.4, 0.5) is 5.13 Å². The van der Waals surface area contributed by atoms with Crippen molar-refractivity contribution in [3.8, 4) is 17.0 Å². The number of methoxy groups -OCH3 is 1. The third-order valence-electron chi connectivity index (χ3n) is 2.79. The van der Waals surface area contributed by atoms with Crippen molar-refractivity contribution in [2.24, 2.45) is 0 Å². The average molecular weight is 292 g/mol. The maximum atomic E-state index is 11.3. The predicted molar refractivity (Wildman–Crippen MR) is 78.8 cm³/mol. The van der Waals surface area contributed by atoms with Gasteiger partial charge in [-0.2, -0.15) is 0 Å². The molecular weight excluding hydrogens is 276 g/mol. The molecular formula is C14H16N2O3S. The van der Waals surface area contributed by atoms with E-state index in [1.54, 1.807) is 19.1 Å². The standard InChI is InChI=1S/C14H16N2O3S/c1-8(13(17)18-3)19-11-6-4-10(5-7-11)12-9(2)20-14(15)16-12/h4-8H,1-3H3,(H2,15,16). The van der Waals surface area contributed by atoms with Crippen LogP contribution in [0.2, 0.25) is 0 Å². The minimum absolute atomic E-state index is 0.405. The third-order valence-corrected chi connectivity index (χ3v) is 3.59. The van der Waals surface area contributed by atoms with Gasteiger partial charge < -0.3 is 15.2 Å². The van der Waals surface area contributed by atoms with Gasteiger partial charge in [-0.25, -0.2) is 9.78 Å². The number of aryl methyl sites for hydroxylation is 1. The zero-order chi connectivity index (χ0) is 14.7. The summed E-state index contributed by atoms with van der Waals surface area (Å²) in [5.74, 6) is 0.199.